The molecule has 0 spiro atoms. The number of carbonyl (C=O) groups is 1. The van der Waals surface area contributed by atoms with Crippen molar-refractivity contribution in [1.82, 2.24) is 4.98 Å². The molecule has 3 aromatic rings. The van der Waals surface area contributed by atoms with Crippen LogP contribution in [-0.2, 0) is 4.74 Å². The van der Waals surface area contributed by atoms with E-state index in [-0.39, 0.29) is 5.97 Å². The van der Waals surface area contributed by atoms with Crippen molar-refractivity contribution in [1.29, 1.82) is 0 Å². The first-order valence-corrected chi connectivity index (χ1v) is 7.20. The lowest BCUT2D eigenvalue weighted by Gasteiger charge is -2.07. The van der Waals surface area contributed by atoms with Gasteiger partial charge in [-0.15, -0.1) is 11.3 Å². The molecule has 0 atom stereocenters. The SMILES string of the molecule is COC(=O)c1sc2cncc(Oc3ccccc3)c2c1C. The van der Waals surface area contributed by atoms with Crippen LogP contribution < -0.4 is 4.74 Å². The molecule has 5 heteroatoms. The molecule has 3 rings (SSSR count). The number of pyridine rings is 1. The fourth-order valence-corrected chi connectivity index (χ4v) is 3.26. The van der Waals surface area contributed by atoms with Crippen molar-refractivity contribution in [2.75, 3.05) is 7.11 Å². The molecule has 0 aliphatic heterocycles. The first kappa shape index (κ1) is 13.6. The highest BCUT2D eigenvalue weighted by Crippen LogP contribution is 2.38. The van der Waals surface area contributed by atoms with E-state index >= 15 is 0 Å². The second kappa shape index (κ2) is 5.54. The van der Waals surface area contributed by atoms with Crippen LogP contribution in [0, 0.1) is 6.92 Å². The van der Waals surface area contributed by atoms with Crippen LogP contribution in [0.25, 0.3) is 10.1 Å². The van der Waals surface area contributed by atoms with Gasteiger partial charge in [0.05, 0.1) is 18.0 Å². The first-order chi connectivity index (χ1) is 10.2. The summed E-state index contributed by atoms with van der Waals surface area (Å²) in [5.74, 6) is 1.04. The number of para-hydroxylation sites is 1. The van der Waals surface area contributed by atoms with E-state index in [1.165, 1.54) is 18.4 Å². The summed E-state index contributed by atoms with van der Waals surface area (Å²) >= 11 is 1.36. The van der Waals surface area contributed by atoms with Crippen molar-refractivity contribution in [2.24, 2.45) is 0 Å². The van der Waals surface area contributed by atoms with Crippen LogP contribution in [0.15, 0.2) is 42.7 Å². The molecule has 0 fully saturated rings. The summed E-state index contributed by atoms with van der Waals surface area (Å²) in [7, 11) is 1.38. The Morgan fingerprint density at radius 3 is 2.67 bits per heavy atom. The number of aromatic nitrogens is 1. The quantitative estimate of drug-likeness (QED) is 0.681. The summed E-state index contributed by atoms with van der Waals surface area (Å²) in [5.41, 5.74) is 0.857. The molecule has 0 saturated heterocycles. The van der Waals surface area contributed by atoms with Crippen molar-refractivity contribution in [3.05, 3.63) is 53.2 Å². The minimum atomic E-state index is -0.334. The van der Waals surface area contributed by atoms with E-state index in [0.29, 0.717) is 10.6 Å². The molecule has 0 amide bonds. The van der Waals surface area contributed by atoms with Gasteiger partial charge in [0.25, 0.3) is 0 Å². The van der Waals surface area contributed by atoms with Gasteiger partial charge >= 0.3 is 5.97 Å². The number of carbonyl (C=O) groups excluding carboxylic acids is 1. The van der Waals surface area contributed by atoms with Gasteiger partial charge in [0.2, 0.25) is 0 Å². The number of aryl methyl sites for hydroxylation is 1. The van der Waals surface area contributed by atoms with E-state index in [1.54, 1.807) is 12.4 Å². The zero-order valence-corrected chi connectivity index (χ0v) is 12.4. The predicted molar refractivity (Wildman–Crippen MR) is 82.2 cm³/mol. The summed E-state index contributed by atoms with van der Waals surface area (Å²) in [5, 5.41) is 0.902. The molecule has 106 valence electrons. The maximum absolute atomic E-state index is 11.8. The lowest BCUT2D eigenvalue weighted by Crippen LogP contribution is -1.99. The van der Waals surface area contributed by atoms with Gasteiger partial charge in [-0.25, -0.2) is 4.79 Å². The number of benzene rings is 1. The van der Waals surface area contributed by atoms with E-state index in [9.17, 15) is 4.79 Å². The van der Waals surface area contributed by atoms with Crippen molar-refractivity contribution < 1.29 is 14.3 Å². The lowest BCUT2D eigenvalue weighted by molar-refractivity contribution is 0.0605. The maximum Gasteiger partial charge on any atom is 0.348 e. The molecule has 0 aliphatic carbocycles. The van der Waals surface area contributed by atoms with Crippen LogP contribution in [-0.4, -0.2) is 18.1 Å². The molecule has 2 aromatic heterocycles. The Labute approximate surface area is 126 Å². The third kappa shape index (κ3) is 2.48. The van der Waals surface area contributed by atoms with E-state index in [0.717, 1.165) is 21.4 Å². The van der Waals surface area contributed by atoms with Gasteiger partial charge < -0.3 is 9.47 Å². The number of esters is 1. The molecular weight excluding hydrogens is 286 g/mol. The van der Waals surface area contributed by atoms with Gasteiger partial charge in [0.15, 0.2) is 5.75 Å². The summed E-state index contributed by atoms with van der Waals surface area (Å²) in [4.78, 5) is 16.6. The Morgan fingerprint density at radius 1 is 1.19 bits per heavy atom. The van der Waals surface area contributed by atoms with Crippen molar-refractivity contribution in [3.8, 4) is 11.5 Å². The Balaban J connectivity index is 2.11. The molecule has 4 nitrogen and oxygen atoms in total. The molecule has 0 radical (unpaired) electrons. The number of fused-ring (bicyclic) bond motifs is 1. The Bertz CT molecular complexity index is 796. The zero-order chi connectivity index (χ0) is 14.8. The van der Waals surface area contributed by atoms with Crippen LogP contribution in [0.3, 0.4) is 0 Å². The van der Waals surface area contributed by atoms with E-state index in [4.69, 9.17) is 9.47 Å². The molecule has 21 heavy (non-hydrogen) atoms. The summed E-state index contributed by atoms with van der Waals surface area (Å²) in [6.07, 6.45) is 3.40. The van der Waals surface area contributed by atoms with Crippen LogP contribution in [0.1, 0.15) is 15.2 Å². The maximum atomic E-state index is 11.8. The third-order valence-electron chi connectivity index (χ3n) is 3.15. The number of rotatable bonds is 3. The number of hydrogen-bond donors (Lipinski definition) is 0. The van der Waals surface area contributed by atoms with Gasteiger partial charge in [-0.3, -0.25) is 4.98 Å². The largest absolute Gasteiger partial charge is 0.465 e. The minimum Gasteiger partial charge on any atom is -0.465 e. The molecule has 2 heterocycles. The zero-order valence-electron chi connectivity index (χ0n) is 11.6. The molecular formula is C16H13NO3S. The number of methoxy groups -OCH3 is 1. The molecule has 1 aromatic carbocycles. The Hall–Kier alpha value is -2.40. The van der Waals surface area contributed by atoms with E-state index in [1.807, 2.05) is 37.3 Å². The Kier molecular flexibility index (Phi) is 3.58. The average molecular weight is 299 g/mol. The van der Waals surface area contributed by atoms with Gasteiger partial charge in [-0.05, 0) is 24.6 Å². The van der Waals surface area contributed by atoms with Gasteiger partial charge in [-0.2, -0.15) is 0 Å². The van der Waals surface area contributed by atoms with Crippen LogP contribution >= 0.6 is 11.3 Å². The number of nitrogens with zero attached hydrogens (tertiary/aromatic N) is 1. The number of ether oxygens (including phenoxy) is 2. The van der Waals surface area contributed by atoms with Gasteiger partial charge in [-0.1, -0.05) is 18.2 Å². The van der Waals surface area contributed by atoms with Crippen molar-refractivity contribution in [3.63, 3.8) is 0 Å². The summed E-state index contributed by atoms with van der Waals surface area (Å²) < 4.78 is 11.6. The van der Waals surface area contributed by atoms with E-state index < -0.39 is 0 Å². The highest BCUT2D eigenvalue weighted by molar-refractivity contribution is 7.21. The molecule has 0 N–H and O–H groups in total. The molecule has 0 bridgehead atoms. The van der Waals surface area contributed by atoms with Gasteiger partial charge in [0.1, 0.15) is 10.6 Å². The Morgan fingerprint density at radius 2 is 1.95 bits per heavy atom. The molecule has 0 saturated carbocycles. The van der Waals surface area contributed by atoms with Crippen LogP contribution in [0.2, 0.25) is 0 Å². The first-order valence-electron chi connectivity index (χ1n) is 6.39. The highest BCUT2D eigenvalue weighted by atomic mass is 32.1. The predicted octanol–water partition coefficient (Wildman–Crippen LogP) is 4.18. The second-order valence-corrected chi connectivity index (χ2v) is 5.53. The van der Waals surface area contributed by atoms with Crippen LogP contribution in [0.5, 0.6) is 11.5 Å². The summed E-state index contributed by atoms with van der Waals surface area (Å²) in [6.45, 7) is 1.89. The van der Waals surface area contributed by atoms with Gasteiger partial charge in [0, 0.05) is 11.6 Å². The minimum absolute atomic E-state index is 0.334. The fourth-order valence-electron chi connectivity index (χ4n) is 2.15. The summed E-state index contributed by atoms with van der Waals surface area (Å²) in [6, 6.07) is 9.49. The highest BCUT2D eigenvalue weighted by Gasteiger charge is 2.19. The molecule has 0 aliphatic rings. The standard InChI is InChI=1S/C16H13NO3S/c1-10-14-12(20-11-6-4-3-5-7-11)8-17-9-13(14)21-15(10)16(18)19-2/h3-9H,1-2H3. The second-order valence-electron chi connectivity index (χ2n) is 4.47. The van der Waals surface area contributed by atoms with Crippen molar-refractivity contribution >= 4 is 27.4 Å². The third-order valence-corrected chi connectivity index (χ3v) is 4.35. The van der Waals surface area contributed by atoms with E-state index in [2.05, 4.69) is 4.98 Å². The molecule has 0 unspecified atom stereocenters. The smallest absolute Gasteiger partial charge is 0.348 e. The topological polar surface area (TPSA) is 48.4 Å². The van der Waals surface area contributed by atoms with Crippen molar-refractivity contribution in [2.45, 2.75) is 6.92 Å². The average Bonchev–Trinajstić information content (AvgIpc) is 2.86. The fraction of sp³-hybridized carbons (Fsp3) is 0.125. The monoisotopic (exact) mass is 299 g/mol. The van der Waals surface area contributed by atoms with Crippen LogP contribution in [0.4, 0.5) is 0 Å². The number of hydrogen-bond acceptors (Lipinski definition) is 5. The lowest BCUT2D eigenvalue weighted by atomic mass is 10.1. The normalized spacial score (nSPS) is 10.6. The number of thiophene rings is 1.